The van der Waals surface area contributed by atoms with Gasteiger partial charge in [0.15, 0.2) is 0 Å². The Balaban J connectivity index is 1.76. The van der Waals surface area contributed by atoms with Crippen molar-refractivity contribution in [2.45, 2.75) is 13.8 Å². The second kappa shape index (κ2) is 6.68. The van der Waals surface area contributed by atoms with Crippen LogP contribution in [0.2, 0.25) is 0 Å². The SMILES string of the molecule is Cc1ccc(NC(=O)c2cc(C)nn2-c2cc3ccccc3cc2F)cc1. The van der Waals surface area contributed by atoms with E-state index in [1.165, 1.54) is 10.7 Å². The summed E-state index contributed by atoms with van der Waals surface area (Å²) in [5.74, 6) is -0.770. The second-order valence-electron chi connectivity index (χ2n) is 6.55. The molecule has 4 aromatic rings. The number of aryl methyl sites for hydroxylation is 2. The van der Waals surface area contributed by atoms with Crippen LogP contribution in [0, 0.1) is 19.7 Å². The maximum Gasteiger partial charge on any atom is 0.274 e. The van der Waals surface area contributed by atoms with Gasteiger partial charge in [-0.1, -0.05) is 42.0 Å². The van der Waals surface area contributed by atoms with Crippen molar-refractivity contribution in [2.24, 2.45) is 0 Å². The summed E-state index contributed by atoms with van der Waals surface area (Å²) in [6.07, 6.45) is 0. The first kappa shape index (κ1) is 17.0. The molecule has 1 N–H and O–H groups in total. The van der Waals surface area contributed by atoms with Crippen LogP contribution < -0.4 is 5.32 Å². The van der Waals surface area contributed by atoms with Crippen molar-refractivity contribution in [3.8, 4) is 5.69 Å². The summed E-state index contributed by atoms with van der Waals surface area (Å²) in [5.41, 5.74) is 2.94. The molecule has 4 nitrogen and oxygen atoms in total. The maximum absolute atomic E-state index is 14.7. The summed E-state index contributed by atoms with van der Waals surface area (Å²) >= 11 is 0. The fraction of sp³-hybridized carbons (Fsp3) is 0.0909. The van der Waals surface area contributed by atoms with Crippen LogP contribution in [0.3, 0.4) is 0 Å². The monoisotopic (exact) mass is 359 g/mol. The molecule has 0 aliphatic carbocycles. The largest absolute Gasteiger partial charge is 0.321 e. The van der Waals surface area contributed by atoms with Gasteiger partial charge in [0.25, 0.3) is 5.91 Å². The van der Waals surface area contributed by atoms with Gasteiger partial charge in [-0.2, -0.15) is 5.10 Å². The molecule has 0 fully saturated rings. The van der Waals surface area contributed by atoms with E-state index in [0.29, 0.717) is 11.4 Å². The lowest BCUT2D eigenvalue weighted by molar-refractivity contribution is 0.101. The van der Waals surface area contributed by atoms with Crippen LogP contribution in [0.15, 0.2) is 66.7 Å². The first-order chi connectivity index (χ1) is 13.0. The van der Waals surface area contributed by atoms with Crippen molar-refractivity contribution in [1.82, 2.24) is 9.78 Å². The molecule has 0 spiro atoms. The zero-order valence-corrected chi connectivity index (χ0v) is 15.0. The Kier molecular flexibility index (Phi) is 4.20. The van der Waals surface area contributed by atoms with Gasteiger partial charge >= 0.3 is 0 Å². The van der Waals surface area contributed by atoms with Crippen LogP contribution in [0.4, 0.5) is 10.1 Å². The van der Waals surface area contributed by atoms with E-state index < -0.39 is 5.82 Å². The van der Waals surface area contributed by atoms with Crippen LogP contribution in [-0.4, -0.2) is 15.7 Å². The fourth-order valence-corrected chi connectivity index (χ4v) is 3.04. The number of benzene rings is 3. The highest BCUT2D eigenvalue weighted by molar-refractivity contribution is 6.03. The highest BCUT2D eigenvalue weighted by Gasteiger charge is 2.18. The lowest BCUT2D eigenvalue weighted by atomic mass is 10.1. The van der Waals surface area contributed by atoms with E-state index in [1.807, 2.05) is 55.5 Å². The van der Waals surface area contributed by atoms with Gasteiger partial charge in [0.2, 0.25) is 0 Å². The molecule has 3 aromatic carbocycles. The van der Waals surface area contributed by atoms with E-state index in [0.717, 1.165) is 16.3 Å². The molecule has 0 atom stereocenters. The van der Waals surface area contributed by atoms with E-state index >= 15 is 0 Å². The van der Waals surface area contributed by atoms with Crippen molar-refractivity contribution >= 4 is 22.4 Å². The van der Waals surface area contributed by atoms with Crippen LogP contribution in [0.1, 0.15) is 21.7 Å². The van der Waals surface area contributed by atoms with Gasteiger partial charge in [-0.15, -0.1) is 0 Å². The van der Waals surface area contributed by atoms with Gasteiger partial charge in [-0.3, -0.25) is 4.79 Å². The first-order valence-electron chi connectivity index (χ1n) is 8.64. The minimum Gasteiger partial charge on any atom is -0.321 e. The lowest BCUT2D eigenvalue weighted by Crippen LogP contribution is -2.17. The number of anilines is 1. The van der Waals surface area contributed by atoms with Crippen LogP contribution in [0.5, 0.6) is 0 Å². The van der Waals surface area contributed by atoms with Gasteiger partial charge in [0, 0.05) is 5.69 Å². The molecule has 0 saturated carbocycles. The maximum atomic E-state index is 14.7. The summed E-state index contributed by atoms with van der Waals surface area (Å²) in [6.45, 7) is 3.75. The number of carbonyl (C=O) groups excluding carboxylic acids is 1. The summed E-state index contributed by atoms with van der Waals surface area (Å²) in [5, 5.41) is 8.87. The Morgan fingerprint density at radius 3 is 2.33 bits per heavy atom. The van der Waals surface area contributed by atoms with E-state index in [-0.39, 0.29) is 17.3 Å². The van der Waals surface area contributed by atoms with E-state index in [1.54, 1.807) is 19.1 Å². The Morgan fingerprint density at radius 2 is 1.63 bits per heavy atom. The molecule has 0 saturated heterocycles. The average molecular weight is 359 g/mol. The van der Waals surface area contributed by atoms with Gasteiger partial charge in [-0.25, -0.2) is 9.07 Å². The number of nitrogens with zero attached hydrogens (tertiary/aromatic N) is 2. The van der Waals surface area contributed by atoms with E-state index in [2.05, 4.69) is 10.4 Å². The minimum absolute atomic E-state index is 0.246. The van der Waals surface area contributed by atoms with Crippen LogP contribution in [-0.2, 0) is 0 Å². The third kappa shape index (κ3) is 3.31. The minimum atomic E-state index is -0.429. The van der Waals surface area contributed by atoms with Crippen LogP contribution in [0.25, 0.3) is 16.5 Å². The number of rotatable bonds is 3. The summed E-state index contributed by atoms with van der Waals surface area (Å²) in [4.78, 5) is 12.8. The number of fused-ring (bicyclic) bond motifs is 1. The number of hydrogen-bond donors (Lipinski definition) is 1. The molecule has 0 unspecified atom stereocenters. The van der Waals surface area contributed by atoms with E-state index in [9.17, 15) is 9.18 Å². The predicted octanol–water partition coefficient (Wildman–Crippen LogP) is 5.03. The molecule has 0 radical (unpaired) electrons. The summed E-state index contributed by atoms with van der Waals surface area (Å²) in [6, 6.07) is 19.8. The van der Waals surface area contributed by atoms with Crippen molar-refractivity contribution in [2.75, 3.05) is 5.32 Å². The average Bonchev–Trinajstić information content (AvgIpc) is 3.04. The molecule has 0 aliphatic heterocycles. The standard InChI is InChI=1S/C22H18FN3O/c1-14-7-9-18(10-8-14)24-22(27)21-11-15(2)25-26(21)20-13-17-6-4-3-5-16(17)12-19(20)23/h3-13H,1-2H3,(H,24,27). The van der Waals surface area contributed by atoms with Crippen LogP contribution >= 0.6 is 0 Å². The number of nitrogens with one attached hydrogen (secondary N) is 1. The molecule has 1 aromatic heterocycles. The number of amides is 1. The molecule has 1 heterocycles. The second-order valence-corrected chi connectivity index (χ2v) is 6.55. The van der Waals surface area contributed by atoms with Gasteiger partial charge in [-0.05, 0) is 55.0 Å². The molecule has 0 bridgehead atoms. The Labute approximate surface area is 156 Å². The first-order valence-corrected chi connectivity index (χ1v) is 8.64. The molecule has 5 heteroatoms. The molecular formula is C22H18FN3O. The Bertz CT molecular complexity index is 1150. The Morgan fingerprint density at radius 1 is 0.963 bits per heavy atom. The molecular weight excluding hydrogens is 341 g/mol. The highest BCUT2D eigenvalue weighted by atomic mass is 19.1. The zero-order valence-electron chi connectivity index (χ0n) is 15.0. The summed E-state index contributed by atoms with van der Waals surface area (Å²) < 4.78 is 16.1. The smallest absolute Gasteiger partial charge is 0.274 e. The number of hydrogen-bond acceptors (Lipinski definition) is 2. The summed E-state index contributed by atoms with van der Waals surface area (Å²) in [7, 11) is 0. The number of aromatic nitrogens is 2. The van der Waals surface area contributed by atoms with Crippen molar-refractivity contribution in [3.63, 3.8) is 0 Å². The van der Waals surface area contributed by atoms with Gasteiger partial charge in [0.05, 0.1) is 5.69 Å². The third-order valence-electron chi connectivity index (χ3n) is 4.42. The van der Waals surface area contributed by atoms with Gasteiger partial charge in [0.1, 0.15) is 17.2 Å². The normalized spacial score (nSPS) is 10.9. The molecule has 134 valence electrons. The van der Waals surface area contributed by atoms with E-state index in [4.69, 9.17) is 0 Å². The molecule has 27 heavy (non-hydrogen) atoms. The lowest BCUT2D eigenvalue weighted by Gasteiger charge is -2.11. The Hall–Kier alpha value is -3.47. The van der Waals surface area contributed by atoms with Gasteiger partial charge < -0.3 is 5.32 Å². The topological polar surface area (TPSA) is 46.9 Å². The van der Waals surface area contributed by atoms with Crippen molar-refractivity contribution in [3.05, 3.63) is 89.5 Å². The number of halogens is 1. The van der Waals surface area contributed by atoms with Crippen molar-refractivity contribution < 1.29 is 9.18 Å². The highest BCUT2D eigenvalue weighted by Crippen LogP contribution is 2.24. The number of carbonyl (C=O) groups is 1. The van der Waals surface area contributed by atoms with Crippen molar-refractivity contribution in [1.29, 1.82) is 0 Å². The quantitative estimate of drug-likeness (QED) is 0.557. The zero-order chi connectivity index (χ0) is 19.0. The molecule has 1 amide bonds. The molecule has 0 aliphatic rings. The third-order valence-corrected chi connectivity index (χ3v) is 4.42. The molecule has 4 rings (SSSR count). The fourth-order valence-electron chi connectivity index (χ4n) is 3.04. The predicted molar refractivity (Wildman–Crippen MR) is 105 cm³/mol.